The maximum absolute atomic E-state index is 12.1. The van der Waals surface area contributed by atoms with Crippen molar-refractivity contribution in [3.05, 3.63) is 144 Å². The molecule has 2 atom stereocenters. The van der Waals surface area contributed by atoms with E-state index in [-0.39, 0.29) is 6.04 Å². The SMILES string of the molecule is CC(C)C[C@H](NC1(c2ccccc2)c2ccccc2-c2ccccc21)[C@@H](O)c1cccc2ccccc12. The van der Waals surface area contributed by atoms with Crippen LogP contribution in [0.4, 0.5) is 0 Å². The molecule has 5 aromatic rings. The lowest BCUT2D eigenvalue weighted by atomic mass is 9.78. The van der Waals surface area contributed by atoms with Crippen LogP contribution in [0.15, 0.2) is 121 Å². The largest absolute Gasteiger partial charge is 0.387 e. The Hall–Kier alpha value is -3.72. The molecule has 0 aromatic heterocycles. The quantitative estimate of drug-likeness (QED) is 0.247. The van der Waals surface area contributed by atoms with Crippen LogP contribution in [-0.2, 0) is 5.54 Å². The van der Waals surface area contributed by atoms with Crippen molar-refractivity contribution in [3.8, 4) is 11.1 Å². The van der Waals surface area contributed by atoms with Crippen molar-refractivity contribution in [1.82, 2.24) is 5.32 Å². The van der Waals surface area contributed by atoms with Gasteiger partial charge in [-0.2, -0.15) is 0 Å². The van der Waals surface area contributed by atoms with Crippen LogP contribution in [0.1, 0.15) is 48.6 Å². The number of nitrogens with one attached hydrogen (secondary N) is 1. The Labute approximate surface area is 219 Å². The van der Waals surface area contributed by atoms with Crippen LogP contribution in [-0.4, -0.2) is 11.1 Å². The van der Waals surface area contributed by atoms with Crippen molar-refractivity contribution in [2.45, 2.75) is 38.0 Å². The van der Waals surface area contributed by atoms with Crippen LogP contribution in [0.3, 0.4) is 0 Å². The third kappa shape index (κ3) is 3.98. The van der Waals surface area contributed by atoms with Crippen LogP contribution in [0.5, 0.6) is 0 Å². The average molecular weight is 484 g/mol. The molecule has 1 aliphatic rings. The first kappa shape index (κ1) is 23.7. The van der Waals surface area contributed by atoms with Gasteiger partial charge in [0.05, 0.1) is 11.6 Å². The van der Waals surface area contributed by atoms with Crippen LogP contribution in [0, 0.1) is 5.92 Å². The highest BCUT2D eigenvalue weighted by Gasteiger charge is 2.46. The molecule has 1 aliphatic carbocycles. The third-order valence-corrected chi connectivity index (χ3v) is 7.81. The predicted molar refractivity (Wildman–Crippen MR) is 153 cm³/mol. The Morgan fingerprint density at radius 2 is 1.22 bits per heavy atom. The Kier molecular flexibility index (Phi) is 6.16. The molecular formula is C35H33NO. The second-order valence-corrected chi connectivity index (χ2v) is 10.6. The first-order valence-electron chi connectivity index (χ1n) is 13.3. The molecule has 0 radical (unpaired) electrons. The number of benzene rings is 5. The van der Waals surface area contributed by atoms with Crippen molar-refractivity contribution in [1.29, 1.82) is 0 Å². The molecule has 0 unspecified atom stereocenters. The molecule has 0 fully saturated rings. The number of aliphatic hydroxyl groups excluding tert-OH is 1. The second kappa shape index (κ2) is 9.63. The summed E-state index contributed by atoms with van der Waals surface area (Å²) in [6.45, 7) is 4.46. The molecule has 0 bridgehead atoms. The lowest BCUT2D eigenvalue weighted by molar-refractivity contribution is 0.106. The Balaban J connectivity index is 1.55. The first-order chi connectivity index (χ1) is 18.1. The van der Waals surface area contributed by atoms with E-state index in [0.29, 0.717) is 5.92 Å². The highest BCUT2D eigenvalue weighted by molar-refractivity contribution is 5.86. The maximum Gasteiger partial charge on any atom is 0.0963 e. The lowest BCUT2D eigenvalue weighted by Gasteiger charge is -2.40. The van der Waals surface area contributed by atoms with Gasteiger partial charge in [-0.1, -0.05) is 135 Å². The van der Waals surface area contributed by atoms with E-state index in [2.05, 4.69) is 140 Å². The van der Waals surface area contributed by atoms with Gasteiger partial charge in [-0.15, -0.1) is 0 Å². The highest BCUT2D eigenvalue weighted by atomic mass is 16.3. The number of rotatable bonds is 7. The zero-order chi connectivity index (χ0) is 25.4. The predicted octanol–water partition coefficient (Wildman–Crippen LogP) is 7.85. The van der Waals surface area contributed by atoms with E-state index in [9.17, 15) is 5.11 Å². The van der Waals surface area contributed by atoms with E-state index in [1.54, 1.807) is 0 Å². The topological polar surface area (TPSA) is 32.3 Å². The summed E-state index contributed by atoms with van der Waals surface area (Å²) in [6.07, 6.45) is 0.164. The van der Waals surface area contributed by atoms with E-state index < -0.39 is 11.6 Å². The van der Waals surface area contributed by atoms with E-state index in [1.807, 2.05) is 0 Å². The minimum absolute atomic E-state index is 0.176. The monoisotopic (exact) mass is 483 g/mol. The van der Waals surface area contributed by atoms with Crippen molar-refractivity contribution >= 4 is 10.8 Å². The molecule has 2 heteroatoms. The molecule has 0 saturated heterocycles. The summed E-state index contributed by atoms with van der Waals surface area (Å²) < 4.78 is 0. The first-order valence-corrected chi connectivity index (χ1v) is 13.3. The van der Waals surface area contributed by atoms with Crippen molar-refractivity contribution in [3.63, 3.8) is 0 Å². The Morgan fingerprint density at radius 3 is 1.89 bits per heavy atom. The third-order valence-electron chi connectivity index (χ3n) is 7.81. The van der Waals surface area contributed by atoms with Crippen LogP contribution >= 0.6 is 0 Å². The summed E-state index contributed by atoms with van der Waals surface area (Å²) in [5.41, 5.74) is 6.56. The summed E-state index contributed by atoms with van der Waals surface area (Å²) in [5.74, 6) is 0.404. The summed E-state index contributed by atoms with van der Waals surface area (Å²) in [6, 6.07) is 42.6. The van der Waals surface area contributed by atoms with Crippen molar-refractivity contribution < 1.29 is 5.11 Å². The van der Waals surface area contributed by atoms with Crippen molar-refractivity contribution in [2.24, 2.45) is 5.92 Å². The zero-order valence-corrected chi connectivity index (χ0v) is 21.4. The van der Waals surface area contributed by atoms with Crippen LogP contribution in [0.25, 0.3) is 21.9 Å². The summed E-state index contributed by atoms with van der Waals surface area (Å²) in [7, 11) is 0. The van der Waals surface area contributed by atoms with Crippen molar-refractivity contribution in [2.75, 3.05) is 0 Å². The van der Waals surface area contributed by atoms with Gasteiger partial charge in [0.1, 0.15) is 0 Å². The lowest BCUT2D eigenvalue weighted by Crippen LogP contribution is -2.51. The molecule has 6 rings (SSSR count). The van der Waals surface area contributed by atoms with Gasteiger partial charge in [-0.25, -0.2) is 0 Å². The minimum atomic E-state index is -0.672. The molecule has 0 saturated carbocycles. The van der Waals surface area contributed by atoms with E-state index in [4.69, 9.17) is 0 Å². The molecule has 0 amide bonds. The number of hydrogen-bond donors (Lipinski definition) is 2. The Bertz CT molecular complexity index is 1490. The van der Waals surface area contributed by atoms with E-state index in [1.165, 1.54) is 27.8 Å². The fourth-order valence-electron chi connectivity index (χ4n) is 6.25. The summed E-state index contributed by atoms with van der Waals surface area (Å²) in [4.78, 5) is 0. The van der Waals surface area contributed by atoms with Gasteiger partial charge in [-0.05, 0) is 56.5 Å². The molecule has 0 heterocycles. The van der Waals surface area contributed by atoms with E-state index >= 15 is 0 Å². The zero-order valence-electron chi connectivity index (χ0n) is 21.4. The molecule has 2 N–H and O–H groups in total. The summed E-state index contributed by atoms with van der Waals surface area (Å²) in [5, 5.41) is 18.4. The summed E-state index contributed by atoms with van der Waals surface area (Å²) >= 11 is 0. The fraction of sp³-hybridized carbons (Fsp3) is 0.200. The van der Waals surface area contributed by atoms with E-state index in [0.717, 1.165) is 22.8 Å². The number of fused-ring (bicyclic) bond motifs is 4. The normalized spacial score (nSPS) is 15.4. The van der Waals surface area contributed by atoms with Gasteiger partial charge >= 0.3 is 0 Å². The molecule has 184 valence electrons. The van der Waals surface area contributed by atoms with Crippen LogP contribution in [0.2, 0.25) is 0 Å². The van der Waals surface area contributed by atoms with Gasteiger partial charge in [-0.3, -0.25) is 5.32 Å². The number of aliphatic hydroxyl groups is 1. The molecule has 37 heavy (non-hydrogen) atoms. The second-order valence-electron chi connectivity index (χ2n) is 10.6. The molecule has 0 spiro atoms. The van der Waals surface area contributed by atoms with Gasteiger partial charge in [0.25, 0.3) is 0 Å². The standard InChI is InChI=1S/C35H33NO/c1-24(2)23-33(34(37)30-20-12-14-25-13-6-7-17-27(25)30)36-35(26-15-4-3-5-16-26)31-21-10-8-18-28(31)29-19-9-11-22-32(29)35/h3-22,24,33-34,36-37H,23H2,1-2H3/t33-,34-/m0/s1. The Morgan fingerprint density at radius 1 is 0.649 bits per heavy atom. The molecule has 0 aliphatic heterocycles. The highest BCUT2D eigenvalue weighted by Crippen LogP contribution is 2.51. The van der Waals surface area contributed by atoms with Crippen LogP contribution < -0.4 is 5.32 Å². The van der Waals surface area contributed by atoms with Gasteiger partial charge in [0.15, 0.2) is 0 Å². The fourth-order valence-corrected chi connectivity index (χ4v) is 6.25. The maximum atomic E-state index is 12.1. The minimum Gasteiger partial charge on any atom is -0.387 e. The molecule has 2 nitrogen and oxygen atoms in total. The molecular weight excluding hydrogens is 450 g/mol. The molecule has 5 aromatic carbocycles. The average Bonchev–Trinajstić information content (AvgIpc) is 3.23. The van der Waals surface area contributed by atoms with Gasteiger partial charge in [0, 0.05) is 6.04 Å². The smallest absolute Gasteiger partial charge is 0.0963 e. The number of hydrogen-bond acceptors (Lipinski definition) is 2. The van der Waals surface area contributed by atoms with Gasteiger partial charge in [0.2, 0.25) is 0 Å². The van der Waals surface area contributed by atoms with Gasteiger partial charge < -0.3 is 5.11 Å².